The van der Waals surface area contributed by atoms with Gasteiger partial charge in [-0.25, -0.2) is 0 Å². The van der Waals surface area contributed by atoms with E-state index in [0.717, 1.165) is 0 Å². The van der Waals surface area contributed by atoms with Crippen molar-refractivity contribution in [2.24, 2.45) is 0 Å². The maximum Gasteiger partial charge on any atom is 0.320 e. The quantitative estimate of drug-likeness (QED) is 0.506. The summed E-state index contributed by atoms with van der Waals surface area (Å²) in [6, 6.07) is 15.4. The van der Waals surface area contributed by atoms with Crippen LogP contribution in [0.5, 0.6) is 0 Å². The van der Waals surface area contributed by atoms with Crippen LogP contribution in [0, 0.1) is 0 Å². The largest absolute Gasteiger partial charge is 0.465 e. The molecule has 0 saturated carbocycles. The maximum atomic E-state index is 12.1. The highest BCUT2D eigenvalue weighted by atomic mass is 16.5. The predicted molar refractivity (Wildman–Crippen MR) is 86.3 cm³/mol. The minimum absolute atomic E-state index is 0.202. The van der Waals surface area contributed by atoms with E-state index in [4.69, 9.17) is 4.74 Å². The number of carbonyl (C=O) groups is 3. The van der Waals surface area contributed by atoms with Crippen molar-refractivity contribution in [3.8, 4) is 0 Å². The second-order valence-electron chi connectivity index (χ2n) is 4.81. The summed E-state index contributed by atoms with van der Waals surface area (Å²) in [7, 11) is 0. The molecule has 5 heteroatoms. The van der Waals surface area contributed by atoms with E-state index in [1.165, 1.54) is 0 Å². The van der Waals surface area contributed by atoms with Gasteiger partial charge in [-0.2, -0.15) is 0 Å². The molecule has 1 N–H and O–H groups in total. The van der Waals surface area contributed by atoms with Crippen molar-refractivity contribution in [2.45, 2.75) is 12.8 Å². The highest BCUT2D eigenvalue weighted by Gasteiger charge is 2.21. The Kier molecular flexibility index (Phi) is 5.63. The van der Waals surface area contributed by atoms with Gasteiger partial charge in [0.2, 0.25) is 0 Å². The molecule has 2 aromatic carbocycles. The van der Waals surface area contributed by atoms with E-state index in [1.807, 2.05) is 6.07 Å². The lowest BCUT2D eigenvalue weighted by molar-refractivity contribution is -0.146. The number of rotatable bonds is 6. The fourth-order valence-corrected chi connectivity index (χ4v) is 2.10. The smallest absolute Gasteiger partial charge is 0.320 e. The molecule has 0 aromatic heterocycles. The van der Waals surface area contributed by atoms with E-state index < -0.39 is 11.9 Å². The Morgan fingerprint density at radius 3 is 2.52 bits per heavy atom. The third kappa shape index (κ3) is 4.26. The van der Waals surface area contributed by atoms with Gasteiger partial charge < -0.3 is 14.8 Å². The van der Waals surface area contributed by atoms with Crippen molar-refractivity contribution >= 4 is 23.9 Å². The molecule has 118 valence electrons. The second-order valence-corrected chi connectivity index (χ2v) is 4.81. The second kappa shape index (κ2) is 7.89. The Labute approximate surface area is 134 Å². The zero-order valence-electron chi connectivity index (χ0n) is 12.7. The first kappa shape index (κ1) is 16.4. The van der Waals surface area contributed by atoms with Crippen molar-refractivity contribution in [1.29, 1.82) is 0 Å². The van der Waals surface area contributed by atoms with Crippen LogP contribution in [0.4, 0.5) is 5.69 Å². The van der Waals surface area contributed by atoms with Crippen LogP contribution < -0.4 is 5.32 Å². The third-order valence-electron chi connectivity index (χ3n) is 3.22. The third-order valence-corrected chi connectivity index (χ3v) is 3.22. The van der Waals surface area contributed by atoms with Crippen LogP contribution in [-0.4, -0.2) is 24.8 Å². The van der Waals surface area contributed by atoms with Gasteiger partial charge in [-0.15, -0.1) is 0 Å². The van der Waals surface area contributed by atoms with Gasteiger partial charge >= 0.3 is 5.97 Å². The molecule has 0 aliphatic heterocycles. The van der Waals surface area contributed by atoms with Gasteiger partial charge in [0.25, 0.3) is 5.91 Å². The van der Waals surface area contributed by atoms with E-state index in [1.54, 1.807) is 55.5 Å². The lowest BCUT2D eigenvalue weighted by Gasteiger charge is -2.12. The van der Waals surface area contributed by atoms with Gasteiger partial charge in [0.15, 0.2) is 0 Å². The number of carbonyl (C=O) groups excluding carboxylic acids is 3. The van der Waals surface area contributed by atoms with Crippen LogP contribution in [0.25, 0.3) is 0 Å². The lowest BCUT2D eigenvalue weighted by atomic mass is 10.00. The summed E-state index contributed by atoms with van der Waals surface area (Å²) in [5.41, 5.74) is 1.51. The minimum atomic E-state index is -0.997. The molecule has 0 spiro atoms. The molecule has 1 unspecified atom stereocenters. The molecule has 0 bridgehead atoms. The maximum absolute atomic E-state index is 12.1. The summed E-state index contributed by atoms with van der Waals surface area (Å²) in [4.78, 5) is 35.1. The molecule has 2 aromatic rings. The summed E-state index contributed by atoms with van der Waals surface area (Å²) in [6.07, 6.45) is 0.538. The van der Waals surface area contributed by atoms with Gasteiger partial charge in [-0.3, -0.25) is 9.59 Å². The van der Waals surface area contributed by atoms with Crippen molar-refractivity contribution in [1.82, 2.24) is 0 Å². The lowest BCUT2D eigenvalue weighted by Crippen LogP contribution is -2.18. The summed E-state index contributed by atoms with van der Waals surface area (Å²) in [5, 5.41) is 2.74. The number of benzene rings is 2. The first-order chi connectivity index (χ1) is 11.2. The average molecular weight is 311 g/mol. The first-order valence-corrected chi connectivity index (χ1v) is 7.24. The molecular formula is C18H17NO4. The van der Waals surface area contributed by atoms with Crippen LogP contribution in [0.15, 0.2) is 54.6 Å². The van der Waals surface area contributed by atoms with E-state index in [9.17, 15) is 14.4 Å². The van der Waals surface area contributed by atoms with Gasteiger partial charge in [-0.1, -0.05) is 30.3 Å². The van der Waals surface area contributed by atoms with Crippen molar-refractivity contribution in [2.75, 3.05) is 11.9 Å². The molecule has 0 radical (unpaired) electrons. The number of hydrogen-bond acceptors (Lipinski definition) is 4. The Balaban J connectivity index is 2.17. The Morgan fingerprint density at radius 1 is 1.13 bits per heavy atom. The van der Waals surface area contributed by atoms with E-state index in [-0.39, 0.29) is 12.5 Å². The molecule has 5 nitrogen and oxygen atoms in total. The van der Waals surface area contributed by atoms with E-state index in [0.29, 0.717) is 23.1 Å². The van der Waals surface area contributed by atoms with Gasteiger partial charge in [-0.05, 0) is 36.8 Å². The Hall–Kier alpha value is -2.95. The molecule has 0 aliphatic rings. The van der Waals surface area contributed by atoms with Crippen LogP contribution in [0.1, 0.15) is 28.8 Å². The van der Waals surface area contributed by atoms with Crippen LogP contribution in [0.2, 0.25) is 0 Å². The summed E-state index contributed by atoms with van der Waals surface area (Å²) < 4.78 is 4.88. The number of nitrogens with one attached hydrogen (secondary N) is 1. The normalized spacial score (nSPS) is 11.3. The Bertz CT molecular complexity index is 697. The SMILES string of the molecule is CCOC(=O)C(C=O)c1cccc(NC(=O)c2ccccc2)c1. The first-order valence-electron chi connectivity index (χ1n) is 7.24. The average Bonchev–Trinajstić information content (AvgIpc) is 2.57. The van der Waals surface area contributed by atoms with Gasteiger partial charge in [0.1, 0.15) is 12.2 Å². The minimum Gasteiger partial charge on any atom is -0.465 e. The summed E-state index contributed by atoms with van der Waals surface area (Å²) in [5.74, 6) is -1.86. The van der Waals surface area contributed by atoms with E-state index >= 15 is 0 Å². The monoisotopic (exact) mass is 311 g/mol. The van der Waals surface area contributed by atoms with Crippen LogP contribution in [-0.2, 0) is 14.3 Å². The number of hydrogen-bond donors (Lipinski definition) is 1. The molecule has 1 amide bonds. The number of amides is 1. The standard InChI is InChI=1S/C18H17NO4/c1-2-23-18(22)16(12-20)14-9-6-10-15(11-14)19-17(21)13-7-4-3-5-8-13/h3-12,16H,2H2,1H3,(H,19,21). The highest BCUT2D eigenvalue weighted by Crippen LogP contribution is 2.20. The topological polar surface area (TPSA) is 72.5 Å². The number of anilines is 1. The summed E-state index contributed by atoms with van der Waals surface area (Å²) in [6.45, 7) is 1.88. The fourth-order valence-electron chi connectivity index (χ4n) is 2.10. The zero-order valence-corrected chi connectivity index (χ0v) is 12.7. The number of esters is 1. The molecular weight excluding hydrogens is 294 g/mol. The molecule has 1 atom stereocenters. The molecule has 0 saturated heterocycles. The zero-order chi connectivity index (χ0) is 16.7. The predicted octanol–water partition coefficient (Wildman–Crippen LogP) is 2.78. The molecule has 0 fully saturated rings. The highest BCUT2D eigenvalue weighted by molar-refractivity contribution is 6.04. The van der Waals surface area contributed by atoms with Crippen LogP contribution >= 0.6 is 0 Å². The molecule has 23 heavy (non-hydrogen) atoms. The van der Waals surface area contributed by atoms with Crippen molar-refractivity contribution < 1.29 is 19.1 Å². The van der Waals surface area contributed by atoms with Crippen LogP contribution in [0.3, 0.4) is 0 Å². The molecule has 0 aliphatic carbocycles. The van der Waals surface area contributed by atoms with Crippen molar-refractivity contribution in [3.63, 3.8) is 0 Å². The van der Waals surface area contributed by atoms with Gasteiger partial charge in [0, 0.05) is 11.3 Å². The fraction of sp³-hybridized carbons (Fsp3) is 0.167. The molecule has 0 heterocycles. The van der Waals surface area contributed by atoms with E-state index in [2.05, 4.69) is 5.32 Å². The Morgan fingerprint density at radius 2 is 1.87 bits per heavy atom. The molecule has 2 rings (SSSR count). The summed E-state index contributed by atoms with van der Waals surface area (Å²) >= 11 is 0. The number of ether oxygens (including phenoxy) is 1. The van der Waals surface area contributed by atoms with Crippen molar-refractivity contribution in [3.05, 3.63) is 65.7 Å². The van der Waals surface area contributed by atoms with Gasteiger partial charge in [0.05, 0.1) is 6.61 Å². The number of aldehydes is 1.